The second kappa shape index (κ2) is 10.7. The van der Waals surface area contributed by atoms with Crippen LogP contribution in [0.5, 0.6) is 0 Å². The molecule has 1 aliphatic rings. The van der Waals surface area contributed by atoms with Crippen molar-refractivity contribution in [3.05, 3.63) is 41.6 Å². The van der Waals surface area contributed by atoms with Crippen LogP contribution in [0.4, 0.5) is 30.6 Å². The minimum atomic E-state index is -4.66. The molecule has 1 saturated carbocycles. The molecule has 0 spiro atoms. The van der Waals surface area contributed by atoms with Gasteiger partial charge < -0.3 is 20.7 Å². The van der Waals surface area contributed by atoms with Crippen molar-refractivity contribution in [3.8, 4) is 0 Å². The zero-order valence-corrected chi connectivity index (χ0v) is 19.2. The number of benzene rings is 1. The van der Waals surface area contributed by atoms with Gasteiger partial charge in [0.1, 0.15) is 11.4 Å². The molecule has 1 amide bonds. The van der Waals surface area contributed by atoms with Gasteiger partial charge in [0.15, 0.2) is 0 Å². The van der Waals surface area contributed by atoms with E-state index in [2.05, 4.69) is 30.7 Å². The molecular weight excluding hydrogens is 451 g/mol. The van der Waals surface area contributed by atoms with E-state index in [1.165, 1.54) is 7.11 Å². The number of rotatable bonds is 8. The predicted molar refractivity (Wildman–Crippen MR) is 121 cm³/mol. The van der Waals surface area contributed by atoms with Gasteiger partial charge in [-0.15, -0.1) is 0 Å². The lowest BCUT2D eigenvalue weighted by Gasteiger charge is -2.24. The van der Waals surface area contributed by atoms with Crippen LogP contribution in [0, 0.1) is 5.92 Å². The smallest absolute Gasteiger partial charge is 0.421 e. The quantitative estimate of drug-likeness (QED) is 0.491. The summed E-state index contributed by atoms with van der Waals surface area (Å²) in [6, 6.07) is 6.18. The van der Waals surface area contributed by atoms with Crippen LogP contribution in [0.1, 0.15) is 44.2 Å². The Labute approximate surface area is 195 Å². The van der Waals surface area contributed by atoms with Gasteiger partial charge in [0.05, 0.1) is 19.4 Å². The van der Waals surface area contributed by atoms with Crippen molar-refractivity contribution in [2.24, 2.45) is 5.92 Å². The SMILES string of the molecule is COC(=O)Cc1ccc(Nc2ncc(C(F)(F)F)c(N[C@@H]3CCC[C@@H]3C(=O)NC(C)C)n2)cc1. The van der Waals surface area contributed by atoms with E-state index in [9.17, 15) is 22.8 Å². The fraction of sp³-hybridized carbons (Fsp3) is 0.478. The molecule has 0 unspecified atom stereocenters. The Bertz CT molecular complexity index is 1010. The predicted octanol–water partition coefficient (Wildman–Crippen LogP) is 4.06. The fourth-order valence-electron chi connectivity index (χ4n) is 3.85. The monoisotopic (exact) mass is 479 g/mol. The molecule has 11 heteroatoms. The molecule has 3 rings (SSSR count). The van der Waals surface area contributed by atoms with Gasteiger partial charge >= 0.3 is 12.1 Å². The van der Waals surface area contributed by atoms with Crippen LogP contribution >= 0.6 is 0 Å². The first-order valence-corrected chi connectivity index (χ1v) is 11.0. The normalized spacial score (nSPS) is 18.0. The van der Waals surface area contributed by atoms with Crippen molar-refractivity contribution in [2.75, 3.05) is 17.7 Å². The highest BCUT2D eigenvalue weighted by atomic mass is 19.4. The van der Waals surface area contributed by atoms with Crippen molar-refractivity contribution >= 4 is 29.3 Å². The van der Waals surface area contributed by atoms with Crippen molar-refractivity contribution in [3.63, 3.8) is 0 Å². The molecule has 0 radical (unpaired) electrons. The van der Waals surface area contributed by atoms with E-state index in [1.807, 2.05) is 13.8 Å². The second-order valence-corrected chi connectivity index (χ2v) is 8.48. The molecule has 1 aromatic heterocycles. The molecule has 34 heavy (non-hydrogen) atoms. The van der Waals surface area contributed by atoms with Crippen molar-refractivity contribution in [1.82, 2.24) is 15.3 Å². The standard InChI is InChI=1S/C23H28F3N5O3/c1-13(2)28-21(33)16-5-4-6-18(16)30-20-17(23(24,25)26)12-27-22(31-20)29-15-9-7-14(8-10-15)11-19(32)34-3/h7-10,12-13,16,18H,4-6,11H2,1-3H3,(H,28,33)(H2,27,29,30,31)/t16-,18+/m0/s1. The lowest BCUT2D eigenvalue weighted by atomic mass is 10.0. The summed E-state index contributed by atoms with van der Waals surface area (Å²) in [5.41, 5.74) is 0.260. The van der Waals surface area contributed by atoms with E-state index in [0.717, 1.165) is 18.2 Å². The molecule has 184 valence electrons. The first kappa shape index (κ1) is 25.3. The second-order valence-electron chi connectivity index (χ2n) is 8.48. The zero-order valence-electron chi connectivity index (χ0n) is 19.2. The van der Waals surface area contributed by atoms with Crippen LogP contribution in [0.3, 0.4) is 0 Å². The molecular formula is C23H28F3N5O3. The molecule has 3 N–H and O–H groups in total. The number of amides is 1. The minimum absolute atomic E-state index is 0.0302. The van der Waals surface area contributed by atoms with Gasteiger partial charge in [0.25, 0.3) is 0 Å². The van der Waals surface area contributed by atoms with Gasteiger partial charge in [-0.3, -0.25) is 9.59 Å². The maximum atomic E-state index is 13.6. The van der Waals surface area contributed by atoms with Crippen molar-refractivity contribution in [2.45, 2.75) is 57.8 Å². The number of halogens is 3. The lowest BCUT2D eigenvalue weighted by molar-refractivity contribution is -0.140. The first-order chi connectivity index (χ1) is 16.1. The maximum Gasteiger partial charge on any atom is 0.421 e. The van der Waals surface area contributed by atoms with Gasteiger partial charge in [0.2, 0.25) is 11.9 Å². The number of nitrogens with one attached hydrogen (secondary N) is 3. The zero-order chi connectivity index (χ0) is 24.9. The largest absolute Gasteiger partial charge is 0.469 e. The average Bonchev–Trinajstić information content (AvgIpc) is 3.22. The number of alkyl halides is 3. The van der Waals surface area contributed by atoms with Gasteiger partial charge in [0, 0.05) is 24.0 Å². The van der Waals surface area contributed by atoms with E-state index in [1.54, 1.807) is 24.3 Å². The van der Waals surface area contributed by atoms with Gasteiger partial charge in [-0.25, -0.2) is 4.98 Å². The summed E-state index contributed by atoms with van der Waals surface area (Å²) in [5, 5.41) is 8.57. The topological polar surface area (TPSA) is 105 Å². The van der Waals surface area contributed by atoms with Crippen LogP contribution in [-0.4, -0.2) is 41.0 Å². The number of hydrogen-bond acceptors (Lipinski definition) is 7. The van der Waals surface area contributed by atoms with E-state index in [-0.39, 0.29) is 36.1 Å². The Balaban J connectivity index is 1.80. The Hall–Kier alpha value is -3.37. The molecule has 1 aliphatic carbocycles. The number of esters is 1. The minimum Gasteiger partial charge on any atom is -0.469 e. The summed E-state index contributed by atoms with van der Waals surface area (Å²) in [6.07, 6.45) is -1.96. The number of anilines is 3. The van der Waals surface area contributed by atoms with E-state index in [4.69, 9.17) is 0 Å². The van der Waals surface area contributed by atoms with Crippen LogP contribution in [-0.2, 0) is 26.9 Å². The fourth-order valence-corrected chi connectivity index (χ4v) is 3.85. The third kappa shape index (κ3) is 6.58. The summed E-state index contributed by atoms with van der Waals surface area (Å²) in [6.45, 7) is 3.67. The van der Waals surface area contributed by atoms with Gasteiger partial charge in [-0.2, -0.15) is 18.2 Å². The van der Waals surface area contributed by atoms with Gasteiger partial charge in [-0.1, -0.05) is 18.6 Å². The van der Waals surface area contributed by atoms with E-state index < -0.39 is 23.7 Å². The number of carbonyl (C=O) groups excluding carboxylic acids is 2. The van der Waals surface area contributed by atoms with E-state index in [0.29, 0.717) is 18.5 Å². The molecule has 1 heterocycles. The third-order valence-electron chi connectivity index (χ3n) is 5.49. The summed E-state index contributed by atoms with van der Waals surface area (Å²) in [7, 11) is 1.30. The molecule has 1 fully saturated rings. The molecule has 2 atom stereocenters. The average molecular weight is 480 g/mol. The van der Waals surface area contributed by atoms with Crippen molar-refractivity contribution < 1.29 is 27.5 Å². The van der Waals surface area contributed by atoms with Crippen molar-refractivity contribution in [1.29, 1.82) is 0 Å². The third-order valence-corrected chi connectivity index (χ3v) is 5.49. The Morgan fingerprint density at radius 2 is 1.88 bits per heavy atom. The molecule has 0 saturated heterocycles. The highest BCUT2D eigenvalue weighted by Gasteiger charge is 2.38. The Kier molecular flexibility index (Phi) is 7.95. The number of nitrogens with zero attached hydrogens (tertiary/aromatic N) is 2. The lowest BCUT2D eigenvalue weighted by Crippen LogP contribution is -2.41. The summed E-state index contributed by atoms with van der Waals surface area (Å²) >= 11 is 0. The molecule has 2 aromatic rings. The van der Waals surface area contributed by atoms with Crippen LogP contribution in [0.25, 0.3) is 0 Å². The number of carbonyl (C=O) groups is 2. The highest BCUT2D eigenvalue weighted by molar-refractivity contribution is 5.80. The summed E-state index contributed by atoms with van der Waals surface area (Å²) in [4.78, 5) is 31.8. The number of hydrogen-bond donors (Lipinski definition) is 3. The summed E-state index contributed by atoms with van der Waals surface area (Å²) in [5.74, 6) is -1.41. The van der Waals surface area contributed by atoms with Gasteiger partial charge in [-0.05, 0) is 44.4 Å². The number of ether oxygens (including phenoxy) is 1. The number of aromatic nitrogens is 2. The number of methoxy groups -OCH3 is 1. The van der Waals surface area contributed by atoms with Crippen LogP contribution < -0.4 is 16.0 Å². The highest BCUT2D eigenvalue weighted by Crippen LogP contribution is 2.36. The molecule has 0 aliphatic heterocycles. The van der Waals surface area contributed by atoms with Crippen LogP contribution in [0.2, 0.25) is 0 Å². The summed E-state index contributed by atoms with van der Waals surface area (Å²) < 4.78 is 45.5. The Morgan fingerprint density at radius 3 is 2.50 bits per heavy atom. The molecule has 8 nitrogen and oxygen atoms in total. The van der Waals surface area contributed by atoms with E-state index >= 15 is 0 Å². The van der Waals surface area contributed by atoms with Crippen LogP contribution in [0.15, 0.2) is 30.5 Å². The Morgan fingerprint density at radius 1 is 1.18 bits per heavy atom. The first-order valence-electron chi connectivity index (χ1n) is 11.0. The molecule has 1 aromatic carbocycles. The maximum absolute atomic E-state index is 13.6. The molecule has 0 bridgehead atoms.